The Kier molecular flexibility index (Phi) is 6.46. The number of ether oxygens (including phenoxy) is 1. The first-order valence-corrected chi connectivity index (χ1v) is 10.3. The lowest BCUT2D eigenvalue weighted by molar-refractivity contribution is 0.102. The second kappa shape index (κ2) is 9.43. The molecule has 0 atom stereocenters. The topological polar surface area (TPSA) is 74.0 Å². The van der Waals surface area contributed by atoms with Crippen molar-refractivity contribution in [3.05, 3.63) is 93.4 Å². The highest BCUT2D eigenvalue weighted by atomic mass is 35.5. The summed E-state index contributed by atoms with van der Waals surface area (Å²) in [7, 11) is 0. The number of amides is 1. The van der Waals surface area contributed by atoms with Crippen molar-refractivity contribution in [2.24, 2.45) is 0 Å². The minimum Gasteiger partial charge on any atom is -0.470 e. The predicted octanol–water partition coefficient (Wildman–Crippen LogP) is 5.38. The molecule has 0 spiro atoms. The normalized spacial score (nSPS) is 10.8. The Morgan fingerprint density at radius 3 is 2.74 bits per heavy atom. The van der Waals surface area contributed by atoms with Crippen LogP contribution in [0.4, 0.5) is 5.69 Å². The van der Waals surface area contributed by atoms with Crippen LogP contribution in [0.1, 0.15) is 16.1 Å². The number of carbonyl (C=O) groups excluding carboxylic acids is 1. The zero-order valence-electron chi connectivity index (χ0n) is 16.0. The van der Waals surface area contributed by atoms with Gasteiger partial charge in [0, 0.05) is 17.4 Å². The van der Waals surface area contributed by atoms with Crippen LogP contribution < -0.4 is 10.1 Å². The Labute approximate surface area is 193 Å². The van der Waals surface area contributed by atoms with E-state index in [0.29, 0.717) is 33.0 Å². The van der Waals surface area contributed by atoms with E-state index in [2.05, 4.69) is 15.5 Å². The van der Waals surface area contributed by atoms with Gasteiger partial charge in [0.2, 0.25) is 0 Å². The molecule has 31 heavy (non-hydrogen) atoms. The summed E-state index contributed by atoms with van der Waals surface area (Å²) in [6, 6.07) is 14.2. The van der Waals surface area contributed by atoms with Crippen molar-refractivity contribution in [3.8, 4) is 5.75 Å². The van der Waals surface area contributed by atoms with E-state index in [9.17, 15) is 4.79 Å². The molecule has 4 aromatic rings. The maximum Gasteiger partial charge on any atom is 0.276 e. The lowest BCUT2D eigenvalue weighted by atomic mass is 10.2. The van der Waals surface area contributed by atoms with Gasteiger partial charge in [-0.15, -0.1) is 0 Å². The molecule has 0 aliphatic carbocycles. The van der Waals surface area contributed by atoms with Gasteiger partial charge in [0.25, 0.3) is 5.91 Å². The second-order valence-electron chi connectivity index (χ2n) is 6.58. The zero-order valence-corrected chi connectivity index (χ0v) is 18.3. The molecule has 158 valence electrons. The van der Waals surface area contributed by atoms with Gasteiger partial charge in [-0.3, -0.25) is 9.48 Å². The third-order valence-electron chi connectivity index (χ3n) is 4.27. The van der Waals surface area contributed by atoms with Crippen molar-refractivity contribution < 1.29 is 9.53 Å². The van der Waals surface area contributed by atoms with E-state index in [-0.39, 0.29) is 18.3 Å². The van der Waals surface area contributed by atoms with Gasteiger partial charge in [-0.25, -0.2) is 4.68 Å². The van der Waals surface area contributed by atoms with E-state index in [1.807, 2.05) is 24.3 Å². The third-order valence-corrected chi connectivity index (χ3v) is 5.30. The van der Waals surface area contributed by atoms with Crippen LogP contribution in [-0.2, 0) is 13.3 Å². The van der Waals surface area contributed by atoms with Gasteiger partial charge in [-0.1, -0.05) is 53.0 Å². The number of hydrogen-bond acceptors (Lipinski definition) is 4. The molecule has 7 nitrogen and oxygen atoms in total. The average Bonchev–Trinajstić information content (AvgIpc) is 3.39. The Bertz CT molecular complexity index is 1220. The van der Waals surface area contributed by atoms with Gasteiger partial charge in [0.15, 0.2) is 12.4 Å². The van der Waals surface area contributed by atoms with Gasteiger partial charge in [0.1, 0.15) is 10.8 Å². The van der Waals surface area contributed by atoms with Crippen LogP contribution in [0.2, 0.25) is 15.1 Å². The van der Waals surface area contributed by atoms with E-state index in [1.165, 1.54) is 4.68 Å². The molecule has 2 aromatic heterocycles. The number of benzene rings is 2. The van der Waals surface area contributed by atoms with Crippen molar-refractivity contribution in [2.75, 3.05) is 5.32 Å². The number of aromatic nitrogens is 4. The van der Waals surface area contributed by atoms with Crippen LogP contribution in [-0.4, -0.2) is 25.5 Å². The lowest BCUT2D eigenvalue weighted by Gasteiger charge is -2.08. The fourth-order valence-corrected chi connectivity index (χ4v) is 3.38. The summed E-state index contributed by atoms with van der Waals surface area (Å²) in [6.07, 6.45) is 4.94. The molecular formula is C21H16Cl3N5O2. The van der Waals surface area contributed by atoms with Crippen molar-refractivity contribution in [3.63, 3.8) is 0 Å². The summed E-state index contributed by atoms with van der Waals surface area (Å²) in [4.78, 5) is 12.5. The number of halogens is 3. The van der Waals surface area contributed by atoms with E-state index < -0.39 is 0 Å². The molecule has 0 aliphatic heterocycles. The maximum absolute atomic E-state index is 12.5. The molecule has 0 aliphatic rings. The molecule has 2 heterocycles. The fourth-order valence-electron chi connectivity index (χ4n) is 2.82. The van der Waals surface area contributed by atoms with Crippen molar-refractivity contribution >= 4 is 46.4 Å². The van der Waals surface area contributed by atoms with Crippen LogP contribution in [0.5, 0.6) is 5.75 Å². The van der Waals surface area contributed by atoms with Gasteiger partial charge in [-0.05, 0) is 35.9 Å². The summed E-state index contributed by atoms with van der Waals surface area (Å²) in [6.45, 7) is 0.610. The minimum absolute atomic E-state index is 0.0743. The minimum atomic E-state index is -0.359. The highest BCUT2D eigenvalue weighted by Crippen LogP contribution is 2.31. The Morgan fingerprint density at radius 1 is 1.06 bits per heavy atom. The maximum atomic E-state index is 12.5. The molecule has 4 rings (SSSR count). The smallest absolute Gasteiger partial charge is 0.276 e. The second-order valence-corrected chi connectivity index (χ2v) is 7.80. The number of hydrogen-bond donors (Lipinski definition) is 1. The number of nitrogens with zero attached hydrogens (tertiary/aromatic N) is 4. The van der Waals surface area contributed by atoms with Crippen molar-refractivity contribution in [1.82, 2.24) is 19.6 Å². The van der Waals surface area contributed by atoms with Crippen molar-refractivity contribution in [1.29, 1.82) is 0 Å². The van der Waals surface area contributed by atoms with Crippen molar-refractivity contribution in [2.45, 2.75) is 13.3 Å². The number of nitrogens with one attached hydrogen (secondary N) is 1. The van der Waals surface area contributed by atoms with Gasteiger partial charge in [0.05, 0.1) is 23.5 Å². The summed E-state index contributed by atoms with van der Waals surface area (Å²) in [5, 5.41) is 12.6. The van der Waals surface area contributed by atoms with Gasteiger partial charge >= 0.3 is 0 Å². The van der Waals surface area contributed by atoms with E-state index in [1.54, 1.807) is 47.5 Å². The standard InChI is InChI=1S/C21H16Cl3N5O2/c22-15-4-1-3-14(9-15)11-29-12-16(10-25-29)26-21(30)18-7-8-28(27-18)13-31-19-6-2-5-17(23)20(19)24/h1-10,12H,11,13H2,(H,26,30). The summed E-state index contributed by atoms with van der Waals surface area (Å²) >= 11 is 18.1. The average molecular weight is 477 g/mol. The zero-order chi connectivity index (χ0) is 21.8. The lowest BCUT2D eigenvalue weighted by Crippen LogP contribution is -2.14. The molecule has 0 radical (unpaired) electrons. The Morgan fingerprint density at radius 2 is 1.90 bits per heavy atom. The van der Waals surface area contributed by atoms with E-state index >= 15 is 0 Å². The largest absolute Gasteiger partial charge is 0.470 e. The Balaban J connectivity index is 1.35. The van der Waals surface area contributed by atoms with Gasteiger partial charge in [-0.2, -0.15) is 10.2 Å². The molecule has 0 unspecified atom stereocenters. The SMILES string of the molecule is O=C(Nc1cnn(Cc2cccc(Cl)c2)c1)c1ccn(COc2cccc(Cl)c2Cl)n1. The summed E-state index contributed by atoms with van der Waals surface area (Å²) in [5.74, 6) is 0.0737. The van der Waals surface area contributed by atoms with Crippen LogP contribution in [0.15, 0.2) is 67.1 Å². The number of rotatable bonds is 7. The van der Waals surface area contributed by atoms with Gasteiger partial charge < -0.3 is 10.1 Å². The van der Waals surface area contributed by atoms with Crippen LogP contribution >= 0.6 is 34.8 Å². The molecule has 0 fully saturated rings. The monoisotopic (exact) mass is 475 g/mol. The quantitative estimate of drug-likeness (QED) is 0.389. The molecule has 10 heteroatoms. The third kappa shape index (κ3) is 5.38. The van der Waals surface area contributed by atoms with E-state index in [0.717, 1.165) is 5.56 Å². The molecule has 0 bridgehead atoms. The molecule has 2 aromatic carbocycles. The molecule has 1 N–H and O–H groups in total. The van der Waals surface area contributed by atoms with E-state index in [4.69, 9.17) is 39.5 Å². The fraction of sp³-hybridized carbons (Fsp3) is 0.0952. The molecule has 0 saturated carbocycles. The number of anilines is 1. The summed E-state index contributed by atoms with van der Waals surface area (Å²) < 4.78 is 8.80. The predicted molar refractivity (Wildman–Crippen MR) is 120 cm³/mol. The van der Waals surface area contributed by atoms with Crippen LogP contribution in [0.25, 0.3) is 0 Å². The van der Waals surface area contributed by atoms with Crippen LogP contribution in [0.3, 0.4) is 0 Å². The molecule has 0 saturated heterocycles. The highest BCUT2D eigenvalue weighted by molar-refractivity contribution is 6.42. The first-order valence-electron chi connectivity index (χ1n) is 9.16. The number of carbonyl (C=O) groups is 1. The summed E-state index contributed by atoms with van der Waals surface area (Å²) in [5.41, 5.74) is 1.80. The van der Waals surface area contributed by atoms with Crippen LogP contribution in [0, 0.1) is 0 Å². The first-order chi connectivity index (χ1) is 15.0. The molecular weight excluding hydrogens is 461 g/mol. The first kappa shape index (κ1) is 21.2. The molecule has 1 amide bonds. The Hall–Kier alpha value is -3.00. The highest BCUT2D eigenvalue weighted by Gasteiger charge is 2.12.